The third-order valence-electron chi connectivity index (χ3n) is 2.00. The molecule has 0 saturated heterocycles. The van der Waals surface area contributed by atoms with Crippen LogP contribution in [0.15, 0.2) is 12.1 Å². The highest BCUT2D eigenvalue weighted by atomic mass is 19.4. The summed E-state index contributed by atoms with van der Waals surface area (Å²) in [5.41, 5.74) is -4.14. The Balaban J connectivity index is 3.32. The third-order valence-corrected chi connectivity index (χ3v) is 2.00. The van der Waals surface area contributed by atoms with Crippen molar-refractivity contribution in [2.45, 2.75) is 32.5 Å². The molecule has 0 fully saturated rings. The predicted molar refractivity (Wildman–Crippen MR) is 56.5 cm³/mol. The van der Waals surface area contributed by atoms with Crippen LogP contribution in [0.3, 0.4) is 0 Å². The fraction of sp³-hybridized carbons (Fsp3) is 0.417. The molecule has 0 spiro atoms. The molecular weight excluding hydrogens is 271 g/mol. The molecule has 0 aliphatic heterocycles. The van der Waals surface area contributed by atoms with E-state index in [-0.39, 0.29) is 6.07 Å². The van der Waals surface area contributed by atoms with Crippen LogP contribution in [0.25, 0.3) is 0 Å². The minimum atomic E-state index is -5.02. The molecule has 0 radical (unpaired) electrons. The Kier molecular flexibility index (Phi) is 3.88. The predicted octanol–water partition coefficient (Wildman–Crippen LogP) is 3.94. The van der Waals surface area contributed by atoms with Gasteiger partial charge in [0, 0.05) is 0 Å². The van der Waals surface area contributed by atoms with Crippen molar-refractivity contribution in [3.05, 3.63) is 34.9 Å². The van der Waals surface area contributed by atoms with E-state index in [9.17, 15) is 26.7 Å². The number of carbonyl (C=O) groups is 1. The van der Waals surface area contributed by atoms with Gasteiger partial charge in [0.1, 0.15) is 17.0 Å². The number of carbonyl (C=O) groups excluding carboxylic acids is 1. The smallest absolute Gasteiger partial charge is 0.419 e. The van der Waals surface area contributed by atoms with Gasteiger partial charge in [-0.1, -0.05) is 0 Å². The number of alkyl halides is 3. The van der Waals surface area contributed by atoms with Crippen LogP contribution < -0.4 is 0 Å². The van der Waals surface area contributed by atoms with Crippen LogP contribution >= 0.6 is 0 Å². The highest BCUT2D eigenvalue weighted by Gasteiger charge is 2.38. The molecular formula is C12H11F5O2. The van der Waals surface area contributed by atoms with E-state index in [1.54, 1.807) is 0 Å². The Bertz CT molecular complexity index is 500. The first-order chi connectivity index (χ1) is 8.43. The molecule has 0 N–H and O–H groups in total. The van der Waals surface area contributed by atoms with Crippen LogP contribution in [0.5, 0.6) is 0 Å². The number of hydrogen-bond donors (Lipinski definition) is 0. The molecule has 0 amide bonds. The summed E-state index contributed by atoms with van der Waals surface area (Å²) in [7, 11) is 0. The van der Waals surface area contributed by atoms with Crippen molar-refractivity contribution >= 4 is 5.97 Å². The number of esters is 1. The zero-order valence-corrected chi connectivity index (χ0v) is 10.4. The Morgan fingerprint density at radius 2 is 1.63 bits per heavy atom. The number of halogens is 5. The summed E-state index contributed by atoms with van der Waals surface area (Å²) < 4.78 is 68.9. The summed E-state index contributed by atoms with van der Waals surface area (Å²) in [6.07, 6.45) is -5.02. The lowest BCUT2D eigenvalue weighted by Gasteiger charge is -2.20. The van der Waals surface area contributed by atoms with E-state index in [2.05, 4.69) is 4.74 Å². The normalized spacial score (nSPS) is 12.4. The number of ether oxygens (including phenoxy) is 1. The van der Waals surface area contributed by atoms with Gasteiger partial charge in [0.05, 0.1) is 5.56 Å². The molecule has 0 unspecified atom stereocenters. The molecule has 1 aromatic carbocycles. The summed E-state index contributed by atoms with van der Waals surface area (Å²) in [5.74, 6) is -4.85. The van der Waals surface area contributed by atoms with Gasteiger partial charge in [-0.3, -0.25) is 0 Å². The molecule has 0 aliphatic carbocycles. The first kappa shape index (κ1) is 15.4. The average molecular weight is 282 g/mol. The molecule has 106 valence electrons. The number of rotatable bonds is 1. The summed E-state index contributed by atoms with van der Waals surface area (Å²) in [6.45, 7) is 4.27. The van der Waals surface area contributed by atoms with Gasteiger partial charge in [0.2, 0.25) is 0 Å². The zero-order valence-electron chi connectivity index (χ0n) is 10.4. The van der Waals surface area contributed by atoms with Crippen LogP contribution in [0.2, 0.25) is 0 Å². The first-order valence-electron chi connectivity index (χ1n) is 5.22. The highest BCUT2D eigenvalue weighted by Crippen LogP contribution is 2.33. The maximum Gasteiger partial charge on any atom is 0.419 e. The van der Waals surface area contributed by atoms with Gasteiger partial charge in [-0.15, -0.1) is 0 Å². The van der Waals surface area contributed by atoms with E-state index in [1.807, 2.05) is 0 Å². The standard InChI is InChI=1S/C12H11F5O2/c1-11(2,3)19-10(18)8-7(13)5-4-6(9(8)14)12(15,16)17/h4-5H,1-3H3. The summed E-state index contributed by atoms with van der Waals surface area (Å²) in [5, 5.41) is 0. The second-order valence-electron chi connectivity index (χ2n) is 4.78. The van der Waals surface area contributed by atoms with E-state index in [0.29, 0.717) is 6.07 Å². The SMILES string of the molecule is CC(C)(C)OC(=O)c1c(F)ccc(C(F)(F)F)c1F. The molecule has 19 heavy (non-hydrogen) atoms. The molecule has 1 rings (SSSR count). The van der Waals surface area contributed by atoms with Crippen molar-refractivity contribution in [1.29, 1.82) is 0 Å². The van der Waals surface area contributed by atoms with E-state index in [1.165, 1.54) is 20.8 Å². The minimum Gasteiger partial charge on any atom is -0.456 e. The number of hydrogen-bond acceptors (Lipinski definition) is 2. The Morgan fingerprint density at radius 1 is 1.11 bits per heavy atom. The lowest BCUT2D eigenvalue weighted by molar-refractivity contribution is -0.140. The van der Waals surface area contributed by atoms with Crippen LogP contribution in [0.1, 0.15) is 36.7 Å². The molecule has 1 aromatic rings. The maximum atomic E-state index is 13.6. The van der Waals surface area contributed by atoms with Gasteiger partial charge in [-0.05, 0) is 32.9 Å². The van der Waals surface area contributed by atoms with E-state index >= 15 is 0 Å². The van der Waals surface area contributed by atoms with Crippen molar-refractivity contribution in [2.75, 3.05) is 0 Å². The van der Waals surface area contributed by atoms with E-state index in [4.69, 9.17) is 0 Å². The fourth-order valence-electron chi connectivity index (χ4n) is 1.29. The molecule has 0 saturated carbocycles. The summed E-state index contributed by atoms with van der Waals surface area (Å²) in [6, 6.07) is 0.615. The Labute approximate surface area is 106 Å². The number of benzene rings is 1. The molecule has 2 nitrogen and oxygen atoms in total. The minimum absolute atomic E-state index is 0.235. The van der Waals surface area contributed by atoms with Crippen LogP contribution in [0.4, 0.5) is 22.0 Å². The molecule has 0 bridgehead atoms. The molecule has 0 aromatic heterocycles. The monoisotopic (exact) mass is 282 g/mol. The summed E-state index contributed by atoms with van der Waals surface area (Å²) >= 11 is 0. The fourth-order valence-corrected chi connectivity index (χ4v) is 1.29. The van der Waals surface area contributed by atoms with Crippen molar-refractivity contribution in [1.82, 2.24) is 0 Å². The Hall–Kier alpha value is -1.66. The Morgan fingerprint density at radius 3 is 2.05 bits per heavy atom. The largest absolute Gasteiger partial charge is 0.456 e. The molecule has 0 heterocycles. The van der Waals surface area contributed by atoms with Crippen molar-refractivity contribution in [3.8, 4) is 0 Å². The van der Waals surface area contributed by atoms with Gasteiger partial charge < -0.3 is 4.74 Å². The van der Waals surface area contributed by atoms with Crippen molar-refractivity contribution in [2.24, 2.45) is 0 Å². The van der Waals surface area contributed by atoms with Gasteiger partial charge >= 0.3 is 12.1 Å². The lowest BCUT2D eigenvalue weighted by atomic mass is 10.1. The van der Waals surface area contributed by atoms with Crippen LogP contribution in [0, 0.1) is 11.6 Å². The first-order valence-corrected chi connectivity index (χ1v) is 5.22. The zero-order chi connectivity index (χ0) is 15.0. The van der Waals surface area contributed by atoms with Crippen molar-refractivity contribution in [3.63, 3.8) is 0 Å². The summed E-state index contributed by atoms with van der Waals surface area (Å²) in [4.78, 5) is 11.5. The second kappa shape index (κ2) is 4.79. The van der Waals surface area contributed by atoms with Gasteiger partial charge in [0.25, 0.3) is 0 Å². The van der Waals surface area contributed by atoms with Gasteiger partial charge in [-0.25, -0.2) is 13.6 Å². The van der Waals surface area contributed by atoms with E-state index in [0.717, 1.165) is 0 Å². The van der Waals surface area contributed by atoms with E-state index < -0.39 is 40.5 Å². The topological polar surface area (TPSA) is 26.3 Å². The lowest BCUT2D eigenvalue weighted by Crippen LogP contribution is -2.26. The van der Waals surface area contributed by atoms with Crippen molar-refractivity contribution < 1.29 is 31.5 Å². The van der Waals surface area contributed by atoms with Gasteiger partial charge in [0.15, 0.2) is 5.82 Å². The second-order valence-corrected chi connectivity index (χ2v) is 4.78. The molecule has 7 heteroatoms. The van der Waals surface area contributed by atoms with Gasteiger partial charge in [-0.2, -0.15) is 13.2 Å². The molecule has 0 aliphatic rings. The maximum absolute atomic E-state index is 13.6. The van der Waals surface area contributed by atoms with Crippen LogP contribution in [-0.4, -0.2) is 11.6 Å². The van der Waals surface area contributed by atoms with Crippen LogP contribution in [-0.2, 0) is 10.9 Å². The molecule has 0 atom stereocenters. The highest BCUT2D eigenvalue weighted by molar-refractivity contribution is 5.90. The average Bonchev–Trinajstić information content (AvgIpc) is 2.11. The third kappa shape index (κ3) is 3.65. The quantitative estimate of drug-likeness (QED) is 0.576.